The number of aliphatic hydroxyl groups is 1. The molecule has 2 aromatic rings. The van der Waals surface area contributed by atoms with E-state index in [1.54, 1.807) is 10.7 Å². The number of rotatable bonds is 3. The highest BCUT2D eigenvalue weighted by Gasteiger charge is 2.24. The van der Waals surface area contributed by atoms with Crippen LogP contribution in [-0.2, 0) is 0 Å². The van der Waals surface area contributed by atoms with Gasteiger partial charge in [0.25, 0.3) is 0 Å². The third-order valence-electron chi connectivity index (χ3n) is 2.48. The highest BCUT2D eigenvalue weighted by atomic mass is 79.9. The van der Waals surface area contributed by atoms with E-state index < -0.39 is 6.10 Å². The van der Waals surface area contributed by atoms with Crippen molar-refractivity contribution in [2.75, 3.05) is 0 Å². The van der Waals surface area contributed by atoms with Crippen molar-refractivity contribution in [2.24, 2.45) is 0 Å². The van der Waals surface area contributed by atoms with Crippen molar-refractivity contribution in [3.05, 3.63) is 39.5 Å². The van der Waals surface area contributed by atoms with Gasteiger partial charge in [0.15, 0.2) is 4.67 Å². The second-order valence-corrected chi connectivity index (χ2v) is 5.10. The molecule has 2 aromatic heterocycles. The van der Waals surface area contributed by atoms with Gasteiger partial charge in [-0.05, 0) is 35.8 Å². The Morgan fingerprint density at radius 3 is 2.76 bits per heavy atom. The maximum Gasteiger partial charge on any atom is 0.175 e. The topological polar surface area (TPSA) is 51.2 Å². The van der Waals surface area contributed by atoms with Gasteiger partial charge in [-0.15, -0.1) is 0 Å². The third kappa shape index (κ3) is 2.27. The minimum Gasteiger partial charge on any atom is -0.457 e. The Bertz CT molecular complexity index is 521. The number of hydrogen-bond acceptors (Lipinski definition) is 3. The summed E-state index contributed by atoms with van der Waals surface area (Å²) in [6.45, 7) is 3.95. The molecule has 0 aliphatic carbocycles. The van der Waals surface area contributed by atoms with Crippen LogP contribution in [0.2, 0.25) is 5.02 Å². The first-order valence-electron chi connectivity index (χ1n) is 5.16. The zero-order valence-electron chi connectivity index (χ0n) is 9.39. The molecule has 0 radical (unpaired) electrons. The number of aromatic nitrogens is 2. The fourth-order valence-corrected chi connectivity index (χ4v) is 2.36. The Kier molecular flexibility index (Phi) is 3.61. The SMILES string of the molecule is CC(C)n1ncc(Cl)c1C(O)c1ccoc1Br. The molecule has 0 amide bonds. The van der Waals surface area contributed by atoms with Crippen molar-refractivity contribution >= 4 is 27.5 Å². The van der Waals surface area contributed by atoms with E-state index in [2.05, 4.69) is 21.0 Å². The van der Waals surface area contributed by atoms with Crippen molar-refractivity contribution in [3.63, 3.8) is 0 Å². The Morgan fingerprint density at radius 2 is 2.24 bits per heavy atom. The standard InChI is InChI=1S/C11H12BrClN2O2/c1-6(2)15-9(8(13)5-14-15)10(16)7-3-4-17-11(7)12/h3-6,10,16H,1-2H3. The highest BCUT2D eigenvalue weighted by molar-refractivity contribution is 9.10. The predicted octanol–water partition coefficient (Wildman–Crippen LogP) is 3.55. The lowest BCUT2D eigenvalue weighted by Gasteiger charge is -2.15. The van der Waals surface area contributed by atoms with Gasteiger partial charge in [0.1, 0.15) is 6.10 Å². The summed E-state index contributed by atoms with van der Waals surface area (Å²) in [5.41, 5.74) is 1.21. The summed E-state index contributed by atoms with van der Waals surface area (Å²) in [6, 6.07) is 1.82. The first-order valence-corrected chi connectivity index (χ1v) is 6.33. The maximum atomic E-state index is 10.3. The monoisotopic (exact) mass is 318 g/mol. The lowest BCUT2D eigenvalue weighted by Crippen LogP contribution is -2.12. The van der Waals surface area contributed by atoms with Gasteiger partial charge < -0.3 is 9.52 Å². The molecule has 1 atom stereocenters. The van der Waals surface area contributed by atoms with Crippen LogP contribution < -0.4 is 0 Å². The predicted molar refractivity (Wildman–Crippen MR) is 68.1 cm³/mol. The van der Waals surface area contributed by atoms with Crippen molar-refractivity contribution in [1.82, 2.24) is 9.78 Å². The number of aliphatic hydroxyl groups excluding tert-OH is 1. The average molecular weight is 320 g/mol. The molecule has 0 fully saturated rings. The van der Waals surface area contributed by atoms with Crippen molar-refractivity contribution in [1.29, 1.82) is 0 Å². The van der Waals surface area contributed by atoms with E-state index >= 15 is 0 Å². The van der Waals surface area contributed by atoms with Crippen LogP contribution in [-0.4, -0.2) is 14.9 Å². The van der Waals surface area contributed by atoms with Crippen LogP contribution in [0.4, 0.5) is 0 Å². The molecule has 0 saturated carbocycles. The zero-order valence-corrected chi connectivity index (χ0v) is 11.7. The molecule has 0 saturated heterocycles. The van der Waals surface area contributed by atoms with Crippen molar-refractivity contribution in [3.8, 4) is 0 Å². The fraction of sp³-hybridized carbons (Fsp3) is 0.364. The molecule has 0 aliphatic heterocycles. The van der Waals surface area contributed by atoms with Crippen LogP contribution in [0.15, 0.2) is 27.6 Å². The second-order valence-electron chi connectivity index (χ2n) is 3.97. The molecule has 2 rings (SSSR count). The summed E-state index contributed by atoms with van der Waals surface area (Å²) in [4.78, 5) is 0. The van der Waals surface area contributed by atoms with Gasteiger partial charge >= 0.3 is 0 Å². The maximum absolute atomic E-state index is 10.3. The zero-order chi connectivity index (χ0) is 12.6. The van der Waals surface area contributed by atoms with E-state index in [4.69, 9.17) is 16.0 Å². The summed E-state index contributed by atoms with van der Waals surface area (Å²) in [6.07, 6.45) is 2.18. The Morgan fingerprint density at radius 1 is 1.53 bits per heavy atom. The minimum atomic E-state index is -0.861. The molecule has 17 heavy (non-hydrogen) atoms. The molecule has 0 aromatic carbocycles. The van der Waals surface area contributed by atoms with Gasteiger partial charge in [-0.25, -0.2) is 0 Å². The number of hydrogen-bond donors (Lipinski definition) is 1. The largest absolute Gasteiger partial charge is 0.457 e. The second kappa shape index (κ2) is 4.84. The molecule has 0 aliphatic rings. The first kappa shape index (κ1) is 12.7. The fourth-order valence-electron chi connectivity index (χ4n) is 1.66. The number of halogens is 2. The molecular weight excluding hydrogens is 307 g/mol. The Labute approximate surface area is 112 Å². The van der Waals surface area contributed by atoms with Crippen LogP contribution in [0.25, 0.3) is 0 Å². The molecular formula is C11H12BrClN2O2. The van der Waals surface area contributed by atoms with Gasteiger partial charge in [-0.3, -0.25) is 4.68 Å². The van der Waals surface area contributed by atoms with Gasteiger partial charge in [-0.2, -0.15) is 5.10 Å². The lowest BCUT2D eigenvalue weighted by molar-refractivity contribution is 0.203. The summed E-state index contributed by atoms with van der Waals surface area (Å²) < 4.78 is 7.31. The van der Waals surface area contributed by atoms with E-state index in [1.807, 2.05) is 13.8 Å². The van der Waals surface area contributed by atoms with Crippen LogP contribution >= 0.6 is 27.5 Å². The quantitative estimate of drug-likeness (QED) is 0.941. The summed E-state index contributed by atoms with van der Waals surface area (Å²) in [5.74, 6) is 0. The van der Waals surface area contributed by atoms with Gasteiger partial charge in [0.2, 0.25) is 0 Å². The van der Waals surface area contributed by atoms with E-state index in [9.17, 15) is 5.11 Å². The van der Waals surface area contributed by atoms with E-state index in [-0.39, 0.29) is 6.04 Å². The molecule has 6 heteroatoms. The molecule has 0 spiro atoms. The van der Waals surface area contributed by atoms with Crippen LogP contribution in [0.1, 0.15) is 37.3 Å². The highest BCUT2D eigenvalue weighted by Crippen LogP contribution is 2.34. The first-order chi connectivity index (χ1) is 8.02. The Balaban J connectivity index is 2.47. The number of nitrogens with zero attached hydrogens (tertiary/aromatic N) is 2. The summed E-state index contributed by atoms with van der Waals surface area (Å²) in [5, 5.41) is 14.9. The summed E-state index contributed by atoms with van der Waals surface area (Å²) >= 11 is 9.30. The van der Waals surface area contributed by atoms with Crippen LogP contribution in [0.5, 0.6) is 0 Å². The molecule has 92 valence electrons. The molecule has 2 heterocycles. The van der Waals surface area contributed by atoms with Gasteiger partial charge in [-0.1, -0.05) is 11.6 Å². The molecule has 4 nitrogen and oxygen atoms in total. The van der Waals surface area contributed by atoms with Gasteiger partial charge in [0, 0.05) is 11.6 Å². The average Bonchev–Trinajstić information content (AvgIpc) is 2.83. The van der Waals surface area contributed by atoms with Crippen molar-refractivity contribution in [2.45, 2.75) is 26.0 Å². The van der Waals surface area contributed by atoms with E-state index in [0.29, 0.717) is 20.9 Å². The summed E-state index contributed by atoms with van der Waals surface area (Å²) in [7, 11) is 0. The van der Waals surface area contributed by atoms with E-state index in [1.165, 1.54) is 12.5 Å². The van der Waals surface area contributed by atoms with Gasteiger partial charge in [0.05, 0.1) is 23.2 Å². The Hall–Kier alpha value is -0.780. The van der Waals surface area contributed by atoms with Crippen LogP contribution in [0.3, 0.4) is 0 Å². The molecule has 1 N–H and O–H groups in total. The smallest absolute Gasteiger partial charge is 0.175 e. The van der Waals surface area contributed by atoms with E-state index in [0.717, 1.165) is 0 Å². The number of furan rings is 1. The molecule has 1 unspecified atom stereocenters. The normalized spacial score (nSPS) is 13.3. The van der Waals surface area contributed by atoms with Crippen LogP contribution in [0, 0.1) is 0 Å². The third-order valence-corrected chi connectivity index (χ3v) is 3.41. The molecule has 0 bridgehead atoms. The lowest BCUT2D eigenvalue weighted by atomic mass is 10.1. The minimum absolute atomic E-state index is 0.123. The van der Waals surface area contributed by atoms with Crippen molar-refractivity contribution < 1.29 is 9.52 Å².